The molecule has 1 saturated heterocycles. The van der Waals surface area contributed by atoms with Gasteiger partial charge in [0.15, 0.2) is 0 Å². The zero-order valence-electron chi connectivity index (χ0n) is 20.3. The molecule has 0 spiro atoms. The van der Waals surface area contributed by atoms with Crippen LogP contribution in [0.15, 0.2) is 30.6 Å². The van der Waals surface area contributed by atoms with Gasteiger partial charge in [-0.25, -0.2) is 0 Å². The number of nitrogens with one attached hydrogen (secondary N) is 2. The summed E-state index contributed by atoms with van der Waals surface area (Å²) in [7, 11) is 0. The largest absolute Gasteiger partial charge is 0.489 e. The molecule has 0 bridgehead atoms. The van der Waals surface area contributed by atoms with Crippen LogP contribution in [0.1, 0.15) is 79.9 Å². The van der Waals surface area contributed by atoms with Crippen LogP contribution < -0.4 is 15.4 Å². The number of imide groups is 1. The maximum Gasteiger partial charge on any atom is 0.255 e. The van der Waals surface area contributed by atoms with Crippen LogP contribution in [0.5, 0.6) is 5.75 Å². The zero-order chi connectivity index (χ0) is 24.5. The van der Waals surface area contributed by atoms with Gasteiger partial charge >= 0.3 is 0 Å². The quantitative estimate of drug-likeness (QED) is 0.592. The minimum absolute atomic E-state index is 0.0466. The van der Waals surface area contributed by atoms with E-state index in [1.165, 1.54) is 6.42 Å². The Morgan fingerprint density at radius 3 is 2.77 bits per heavy atom. The Labute approximate surface area is 205 Å². The molecule has 9 nitrogen and oxygen atoms in total. The highest BCUT2D eigenvalue weighted by Crippen LogP contribution is 2.32. The molecular weight excluding hydrogens is 446 g/mol. The van der Waals surface area contributed by atoms with Crippen molar-refractivity contribution in [1.29, 1.82) is 0 Å². The summed E-state index contributed by atoms with van der Waals surface area (Å²) in [5, 5.41) is 10.4. The lowest BCUT2D eigenvalue weighted by molar-refractivity contribution is -0.136. The van der Waals surface area contributed by atoms with Gasteiger partial charge in [-0.15, -0.1) is 0 Å². The van der Waals surface area contributed by atoms with Gasteiger partial charge in [-0.05, 0) is 63.3 Å². The molecule has 1 aliphatic carbocycles. The van der Waals surface area contributed by atoms with Gasteiger partial charge in [0, 0.05) is 48.9 Å². The summed E-state index contributed by atoms with van der Waals surface area (Å²) in [5.41, 5.74) is 2.62. The summed E-state index contributed by atoms with van der Waals surface area (Å²) < 4.78 is 8.41. The van der Waals surface area contributed by atoms with Crippen molar-refractivity contribution in [2.24, 2.45) is 0 Å². The summed E-state index contributed by atoms with van der Waals surface area (Å²) in [6.07, 6.45) is 8.98. The second kappa shape index (κ2) is 9.81. The number of carbonyl (C=O) groups excluding carboxylic acids is 3. The molecule has 3 atom stereocenters. The van der Waals surface area contributed by atoms with E-state index >= 15 is 0 Å². The highest BCUT2D eigenvalue weighted by molar-refractivity contribution is 6.05. The lowest BCUT2D eigenvalue weighted by Gasteiger charge is -2.32. The molecule has 1 saturated carbocycles. The molecule has 3 aliphatic rings. The normalized spacial score (nSPS) is 24.6. The number of hydrogen-bond acceptors (Lipinski definition) is 6. The van der Waals surface area contributed by atoms with E-state index in [1.807, 2.05) is 23.0 Å². The third-order valence-electron chi connectivity index (χ3n) is 7.24. The van der Waals surface area contributed by atoms with Crippen LogP contribution in [0.2, 0.25) is 0 Å². The van der Waals surface area contributed by atoms with Gasteiger partial charge in [-0.3, -0.25) is 24.4 Å². The lowest BCUT2D eigenvalue weighted by atomic mass is 9.92. The molecule has 3 amide bonds. The Hall–Kier alpha value is -3.20. The lowest BCUT2D eigenvalue weighted by Crippen LogP contribution is -2.52. The molecular formula is C26H33N5O4. The van der Waals surface area contributed by atoms with Crippen LogP contribution in [0.4, 0.5) is 0 Å². The van der Waals surface area contributed by atoms with Crippen LogP contribution >= 0.6 is 0 Å². The van der Waals surface area contributed by atoms with E-state index in [0.717, 1.165) is 42.7 Å². The summed E-state index contributed by atoms with van der Waals surface area (Å²) in [6, 6.07) is 5.54. The first-order valence-electron chi connectivity index (χ1n) is 12.6. The number of rotatable bonds is 7. The number of nitrogens with zero attached hydrogens (tertiary/aromatic N) is 3. The predicted octanol–water partition coefficient (Wildman–Crippen LogP) is 2.70. The van der Waals surface area contributed by atoms with Crippen LogP contribution in [0.25, 0.3) is 0 Å². The number of carbonyl (C=O) groups is 3. The van der Waals surface area contributed by atoms with Crippen molar-refractivity contribution in [3.63, 3.8) is 0 Å². The van der Waals surface area contributed by atoms with Crippen LogP contribution in [-0.2, 0) is 22.7 Å². The van der Waals surface area contributed by atoms with Crippen molar-refractivity contribution >= 4 is 17.7 Å². The van der Waals surface area contributed by atoms with Crippen LogP contribution in [0.3, 0.4) is 0 Å². The average molecular weight is 480 g/mol. The molecule has 186 valence electrons. The second-order valence-electron chi connectivity index (χ2n) is 10.1. The first-order valence-corrected chi connectivity index (χ1v) is 12.6. The molecule has 1 aromatic carbocycles. The Balaban J connectivity index is 1.23. The topological polar surface area (TPSA) is 106 Å². The minimum atomic E-state index is -0.607. The molecule has 0 radical (unpaired) electrons. The molecule has 2 aromatic rings. The number of fused-ring (bicyclic) bond motifs is 1. The molecule has 2 fully saturated rings. The Morgan fingerprint density at radius 1 is 1.17 bits per heavy atom. The van der Waals surface area contributed by atoms with Gasteiger partial charge in [0.2, 0.25) is 11.8 Å². The van der Waals surface area contributed by atoms with Crippen molar-refractivity contribution in [3.8, 4) is 5.75 Å². The summed E-state index contributed by atoms with van der Waals surface area (Å²) in [6.45, 7) is 5.33. The maximum absolute atomic E-state index is 12.9. The predicted molar refractivity (Wildman–Crippen MR) is 129 cm³/mol. The van der Waals surface area contributed by atoms with Gasteiger partial charge in [0.1, 0.15) is 17.9 Å². The van der Waals surface area contributed by atoms with Gasteiger partial charge < -0.3 is 15.0 Å². The van der Waals surface area contributed by atoms with E-state index in [2.05, 4.69) is 35.8 Å². The summed E-state index contributed by atoms with van der Waals surface area (Å²) in [5.74, 6) is -0.0994. The number of ether oxygens (including phenoxy) is 1. The molecule has 2 aliphatic heterocycles. The van der Waals surface area contributed by atoms with E-state index in [9.17, 15) is 14.4 Å². The summed E-state index contributed by atoms with van der Waals surface area (Å²) >= 11 is 0. The fraction of sp³-hybridized carbons (Fsp3) is 0.538. The van der Waals surface area contributed by atoms with Gasteiger partial charge in [-0.1, -0.05) is 6.42 Å². The fourth-order valence-electron chi connectivity index (χ4n) is 5.27. The van der Waals surface area contributed by atoms with Crippen molar-refractivity contribution < 1.29 is 19.1 Å². The molecule has 1 aromatic heterocycles. The van der Waals surface area contributed by atoms with Crippen molar-refractivity contribution in [2.45, 2.75) is 89.7 Å². The smallest absolute Gasteiger partial charge is 0.255 e. The third kappa shape index (κ3) is 4.96. The number of amides is 3. The fourth-order valence-corrected chi connectivity index (χ4v) is 5.27. The zero-order valence-corrected chi connectivity index (χ0v) is 20.3. The van der Waals surface area contributed by atoms with Crippen LogP contribution in [-0.4, -0.2) is 50.6 Å². The van der Waals surface area contributed by atoms with Gasteiger partial charge in [0.05, 0.1) is 6.20 Å². The summed E-state index contributed by atoms with van der Waals surface area (Å²) in [4.78, 5) is 38.3. The van der Waals surface area contributed by atoms with Crippen molar-refractivity contribution in [1.82, 2.24) is 25.3 Å². The standard InChI is InChI=1S/C26H33N5O4/c1-16(2)31-14-17(13-28-31)12-27-21-5-3-4-6-23(21)35-19-7-8-20-18(11-19)15-30(26(20)34)22-9-10-24(32)29-25(22)33/h7-8,11,13-14,16,21-23,27H,3-6,9-10,12,15H2,1-2H3,(H,29,32,33)/t21-,22?,23+/m1/s1. The van der Waals surface area contributed by atoms with Gasteiger partial charge in [-0.2, -0.15) is 5.10 Å². The number of piperidine rings is 1. The maximum atomic E-state index is 12.9. The third-order valence-corrected chi connectivity index (χ3v) is 7.24. The molecule has 5 rings (SSSR count). The van der Waals surface area contributed by atoms with Crippen molar-refractivity contribution in [2.75, 3.05) is 0 Å². The van der Waals surface area contributed by atoms with Gasteiger partial charge in [0.25, 0.3) is 5.91 Å². The number of hydrogen-bond donors (Lipinski definition) is 2. The first-order chi connectivity index (χ1) is 16.9. The monoisotopic (exact) mass is 479 g/mol. The minimum Gasteiger partial charge on any atom is -0.489 e. The molecule has 35 heavy (non-hydrogen) atoms. The van der Waals surface area contributed by atoms with E-state index < -0.39 is 11.9 Å². The molecule has 3 heterocycles. The van der Waals surface area contributed by atoms with E-state index in [0.29, 0.717) is 24.6 Å². The molecule has 2 N–H and O–H groups in total. The first kappa shape index (κ1) is 23.5. The molecule has 9 heteroatoms. The molecule has 1 unspecified atom stereocenters. The second-order valence-corrected chi connectivity index (χ2v) is 10.1. The average Bonchev–Trinajstić information content (AvgIpc) is 3.43. The van der Waals surface area contributed by atoms with E-state index in [1.54, 1.807) is 11.0 Å². The Morgan fingerprint density at radius 2 is 2.00 bits per heavy atom. The highest BCUT2D eigenvalue weighted by atomic mass is 16.5. The SMILES string of the molecule is CC(C)n1cc(CN[C@@H]2CCCC[C@@H]2Oc2ccc3c(c2)CN(C2CCC(=O)NC2=O)C3=O)cn1. The Bertz CT molecular complexity index is 1130. The number of aromatic nitrogens is 2. The van der Waals surface area contributed by atoms with E-state index in [4.69, 9.17) is 4.74 Å². The highest BCUT2D eigenvalue weighted by Gasteiger charge is 2.39. The number of benzene rings is 1. The van der Waals surface area contributed by atoms with Crippen molar-refractivity contribution in [3.05, 3.63) is 47.3 Å². The van der Waals surface area contributed by atoms with E-state index in [-0.39, 0.29) is 30.4 Å². The Kier molecular flexibility index (Phi) is 6.60. The van der Waals surface area contributed by atoms with Crippen LogP contribution in [0, 0.1) is 0 Å².